The SMILES string of the molecule is Cc1ccccc1C1NCc2ccc(Cl)cc21. The average molecular weight is 244 g/mol. The molecule has 2 heteroatoms. The lowest BCUT2D eigenvalue weighted by atomic mass is 9.95. The number of hydrogen-bond donors (Lipinski definition) is 1. The summed E-state index contributed by atoms with van der Waals surface area (Å²) in [5, 5.41) is 4.36. The van der Waals surface area contributed by atoms with Crippen molar-refractivity contribution in [2.75, 3.05) is 0 Å². The molecule has 1 aliphatic heterocycles. The lowest BCUT2D eigenvalue weighted by Crippen LogP contribution is -2.14. The van der Waals surface area contributed by atoms with Crippen LogP contribution in [0.15, 0.2) is 42.5 Å². The van der Waals surface area contributed by atoms with E-state index in [0.29, 0.717) is 0 Å². The topological polar surface area (TPSA) is 12.0 Å². The van der Waals surface area contributed by atoms with E-state index < -0.39 is 0 Å². The summed E-state index contributed by atoms with van der Waals surface area (Å²) < 4.78 is 0. The van der Waals surface area contributed by atoms with Gasteiger partial charge in [-0.1, -0.05) is 41.9 Å². The first kappa shape index (κ1) is 10.8. The highest BCUT2D eigenvalue weighted by Crippen LogP contribution is 2.33. The molecule has 3 rings (SSSR count). The Balaban J connectivity index is 2.10. The molecule has 1 nitrogen and oxygen atoms in total. The summed E-state index contributed by atoms with van der Waals surface area (Å²) in [6.07, 6.45) is 0. The minimum absolute atomic E-state index is 0.282. The van der Waals surface area contributed by atoms with Crippen molar-refractivity contribution in [2.24, 2.45) is 0 Å². The molecule has 1 atom stereocenters. The largest absolute Gasteiger partial charge is 0.302 e. The molecule has 1 heterocycles. The van der Waals surface area contributed by atoms with Gasteiger partial charge in [0.1, 0.15) is 0 Å². The molecule has 0 aliphatic carbocycles. The van der Waals surface area contributed by atoms with Crippen LogP contribution in [0, 0.1) is 6.92 Å². The number of rotatable bonds is 1. The van der Waals surface area contributed by atoms with Gasteiger partial charge in [0.25, 0.3) is 0 Å². The molecule has 2 aromatic rings. The molecular weight excluding hydrogens is 230 g/mol. The summed E-state index contributed by atoms with van der Waals surface area (Å²) in [5.74, 6) is 0. The van der Waals surface area contributed by atoms with Crippen LogP contribution in [-0.2, 0) is 6.54 Å². The number of halogens is 1. The Morgan fingerprint density at radius 1 is 1.12 bits per heavy atom. The second-order valence-electron chi connectivity index (χ2n) is 4.51. The molecule has 1 aliphatic rings. The number of fused-ring (bicyclic) bond motifs is 1. The van der Waals surface area contributed by atoms with Crippen LogP contribution in [0.2, 0.25) is 5.02 Å². The quantitative estimate of drug-likeness (QED) is 0.803. The van der Waals surface area contributed by atoms with Gasteiger partial charge in [0, 0.05) is 11.6 Å². The molecule has 1 unspecified atom stereocenters. The summed E-state index contributed by atoms with van der Waals surface area (Å²) in [5.41, 5.74) is 5.32. The second-order valence-corrected chi connectivity index (χ2v) is 4.95. The van der Waals surface area contributed by atoms with Gasteiger partial charge in [-0.15, -0.1) is 0 Å². The van der Waals surface area contributed by atoms with Gasteiger partial charge < -0.3 is 5.32 Å². The van der Waals surface area contributed by atoms with Gasteiger partial charge in [0.15, 0.2) is 0 Å². The third-order valence-corrected chi connectivity index (χ3v) is 3.65. The van der Waals surface area contributed by atoms with Crippen molar-refractivity contribution < 1.29 is 0 Å². The fourth-order valence-corrected chi connectivity index (χ4v) is 2.69. The van der Waals surface area contributed by atoms with Gasteiger partial charge >= 0.3 is 0 Å². The summed E-state index contributed by atoms with van der Waals surface area (Å²) in [6, 6.07) is 14.9. The van der Waals surface area contributed by atoms with Crippen molar-refractivity contribution in [2.45, 2.75) is 19.5 Å². The smallest absolute Gasteiger partial charge is 0.0585 e. The van der Waals surface area contributed by atoms with Crippen LogP contribution in [-0.4, -0.2) is 0 Å². The van der Waals surface area contributed by atoms with E-state index in [0.717, 1.165) is 11.6 Å². The van der Waals surface area contributed by atoms with Crippen molar-refractivity contribution in [3.63, 3.8) is 0 Å². The van der Waals surface area contributed by atoms with Gasteiger partial charge in [-0.2, -0.15) is 0 Å². The lowest BCUT2D eigenvalue weighted by molar-refractivity contribution is 0.664. The van der Waals surface area contributed by atoms with Crippen LogP contribution in [0.4, 0.5) is 0 Å². The summed E-state index contributed by atoms with van der Waals surface area (Å²) in [6.45, 7) is 3.07. The Labute approximate surface area is 106 Å². The minimum Gasteiger partial charge on any atom is -0.302 e. The number of benzene rings is 2. The highest BCUT2D eigenvalue weighted by atomic mass is 35.5. The molecule has 1 N–H and O–H groups in total. The monoisotopic (exact) mass is 243 g/mol. The number of aryl methyl sites for hydroxylation is 1. The molecule has 0 fully saturated rings. The fraction of sp³-hybridized carbons (Fsp3) is 0.200. The van der Waals surface area contributed by atoms with Crippen LogP contribution < -0.4 is 5.32 Å². The van der Waals surface area contributed by atoms with E-state index in [-0.39, 0.29) is 6.04 Å². The van der Waals surface area contributed by atoms with E-state index in [1.807, 2.05) is 6.07 Å². The van der Waals surface area contributed by atoms with E-state index in [1.54, 1.807) is 0 Å². The second kappa shape index (κ2) is 4.17. The maximum absolute atomic E-state index is 6.09. The summed E-state index contributed by atoms with van der Waals surface area (Å²) in [4.78, 5) is 0. The first-order valence-corrected chi connectivity index (χ1v) is 6.21. The number of nitrogens with one attached hydrogen (secondary N) is 1. The lowest BCUT2D eigenvalue weighted by Gasteiger charge is -2.15. The Hall–Kier alpha value is -1.31. The van der Waals surface area contributed by atoms with Crippen molar-refractivity contribution >= 4 is 11.6 Å². The molecule has 0 bridgehead atoms. The first-order chi connectivity index (χ1) is 8.25. The highest BCUT2D eigenvalue weighted by Gasteiger charge is 2.24. The summed E-state index contributed by atoms with van der Waals surface area (Å²) >= 11 is 6.09. The zero-order chi connectivity index (χ0) is 11.8. The maximum Gasteiger partial charge on any atom is 0.0585 e. The molecule has 0 saturated carbocycles. The fourth-order valence-electron chi connectivity index (χ4n) is 2.51. The Morgan fingerprint density at radius 2 is 1.94 bits per heavy atom. The van der Waals surface area contributed by atoms with Crippen LogP contribution >= 0.6 is 11.6 Å². The van der Waals surface area contributed by atoms with Gasteiger partial charge in [0.2, 0.25) is 0 Å². The maximum atomic E-state index is 6.09. The van der Waals surface area contributed by atoms with E-state index in [2.05, 4.69) is 48.6 Å². The minimum atomic E-state index is 0.282. The molecular formula is C15H14ClN. The average Bonchev–Trinajstić information content (AvgIpc) is 2.72. The van der Waals surface area contributed by atoms with Crippen molar-refractivity contribution in [3.05, 3.63) is 69.7 Å². The molecule has 2 aromatic carbocycles. The van der Waals surface area contributed by atoms with Crippen LogP contribution in [0.25, 0.3) is 0 Å². The van der Waals surface area contributed by atoms with Gasteiger partial charge in [-0.25, -0.2) is 0 Å². The molecule has 0 saturated heterocycles. The van der Waals surface area contributed by atoms with E-state index >= 15 is 0 Å². The molecule has 0 spiro atoms. The third-order valence-electron chi connectivity index (χ3n) is 3.42. The van der Waals surface area contributed by atoms with Crippen LogP contribution in [0.5, 0.6) is 0 Å². The van der Waals surface area contributed by atoms with E-state index in [9.17, 15) is 0 Å². The van der Waals surface area contributed by atoms with Crippen molar-refractivity contribution in [1.82, 2.24) is 5.32 Å². The van der Waals surface area contributed by atoms with E-state index in [4.69, 9.17) is 11.6 Å². The first-order valence-electron chi connectivity index (χ1n) is 5.83. The highest BCUT2D eigenvalue weighted by molar-refractivity contribution is 6.30. The van der Waals surface area contributed by atoms with E-state index in [1.165, 1.54) is 22.3 Å². The normalized spacial score (nSPS) is 18.1. The van der Waals surface area contributed by atoms with Gasteiger partial charge in [-0.3, -0.25) is 0 Å². The molecule has 86 valence electrons. The third kappa shape index (κ3) is 1.86. The zero-order valence-electron chi connectivity index (χ0n) is 9.70. The van der Waals surface area contributed by atoms with Gasteiger partial charge in [0.05, 0.1) is 6.04 Å². The Morgan fingerprint density at radius 3 is 2.76 bits per heavy atom. The zero-order valence-corrected chi connectivity index (χ0v) is 10.5. The molecule has 0 radical (unpaired) electrons. The van der Waals surface area contributed by atoms with Crippen molar-refractivity contribution in [3.8, 4) is 0 Å². The van der Waals surface area contributed by atoms with Crippen LogP contribution in [0.3, 0.4) is 0 Å². The predicted octanol–water partition coefficient (Wildman–Crippen LogP) is 3.84. The molecule has 0 aromatic heterocycles. The number of hydrogen-bond acceptors (Lipinski definition) is 1. The molecule has 17 heavy (non-hydrogen) atoms. The standard InChI is InChI=1S/C15H14ClN/c1-10-4-2-3-5-13(10)15-14-8-12(16)7-6-11(14)9-17-15/h2-8,15,17H,9H2,1H3. The van der Waals surface area contributed by atoms with Gasteiger partial charge in [-0.05, 0) is 41.3 Å². The van der Waals surface area contributed by atoms with Crippen LogP contribution in [0.1, 0.15) is 28.3 Å². The van der Waals surface area contributed by atoms with Crippen molar-refractivity contribution in [1.29, 1.82) is 0 Å². The Bertz CT molecular complexity index is 563. The predicted molar refractivity (Wildman–Crippen MR) is 71.3 cm³/mol. The summed E-state index contributed by atoms with van der Waals surface area (Å²) in [7, 11) is 0. The molecule has 0 amide bonds. The Kier molecular flexibility index (Phi) is 2.65.